The number of anilines is 1. The number of carbonyl (C=O) groups is 1. The average Bonchev–Trinajstić information content (AvgIpc) is 3.40. The lowest BCUT2D eigenvalue weighted by Gasteiger charge is -2.12. The van der Waals surface area contributed by atoms with Gasteiger partial charge in [-0.1, -0.05) is 44.2 Å². The van der Waals surface area contributed by atoms with E-state index in [1.807, 2.05) is 49.4 Å². The predicted octanol–water partition coefficient (Wildman–Crippen LogP) is 3.60. The Kier molecular flexibility index (Phi) is 5.98. The van der Waals surface area contributed by atoms with Gasteiger partial charge in [0, 0.05) is 0 Å². The van der Waals surface area contributed by atoms with Crippen molar-refractivity contribution in [1.29, 1.82) is 0 Å². The molecule has 2 heterocycles. The van der Waals surface area contributed by atoms with Gasteiger partial charge in [0.05, 0.1) is 19.3 Å². The summed E-state index contributed by atoms with van der Waals surface area (Å²) in [6.07, 6.45) is 1.57. The SMILES string of the molecule is COc1ccc(Cn2cnc(NC(=O)c3nc(C)n(-c4ccccc4C(C)C)n3)n2)cc1. The van der Waals surface area contributed by atoms with Crippen LogP contribution in [0, 0.1) is 6.92 Å². The van der Waals surface area contributed by atoms with E-state index in [0.29, 0.717) is 18.3 Å². The Morgan fingerprint density at radius 1 is 1.09 bits per heavy atom. The average molecular weight is 432 g/mol. The fraction of sp³-hybridized carbons (Fsp3) is 0.261. The van der Waals surface area contributed by atoms with Crippen LogP contribution in [0.1, 0.15) is 47.3 Å². The van der Waals surface area contributed by atoms with Gasteiger partial charge in [-0.2, -0.15) is 0 Å². The van der Waals surface area contributed by atoms with Crippen LogP contribution in [0.15, 0.2) is 54.9 Å². The van der Waals surface area contributed by atoms with Gasteiger partial charge in [0.15, 0.2) is 0 Å². The molecule has 0 bridgehead atoms. The van der Waals surface area contributed by atoms with Crippen LogP contribution in [0.5, 0.6) is 5.75 Å². The Labute approximate surface area is 186 Å². The van der Waals surface area contributed by atoms with E-state index in [0.717, 1.165) is 22.6 Å². The quantitative estimate of drug-likeness (QED) is 0.480. The lowest BCUT2D eigenvalue weighted by molar-refractivity contribution is 0.101. The Bertz CT molecular complexity index is 1230. The van der Waals surface area contributed by atoms with Crippen molar-refractivity contribution in [2.45, 2.75) is 33.2 Å². The fourth-order valence-corrected chi connectivity index (χ4v) is 3.39. The summed E-state index contributed by atoms with van der Waals surface area (Å²) in [7, 11) is 1.63. The van der Waals surface area contributed by atoms with Crippen LogP contribution in [0.4, 0.5) is 5.95 Å². The monoisotopic (exact) mass is 431 g/mol. The number of aromatic nitrogens is 6. The maximum Gasteiger partial charge on any atom is 0.297 e. The van der Waals surface area contributed by atoms with E-state index >= 15 is 0 Å². The number of aryl methyl sites for hydroxylation is 1. The van der Waals surface area contributed by atoms with E-state index in [4.69, 9.17) is 4.74 Å². The van der Waals surface area contributed by atoms with E-state index in [-0.39, 0.29) is 11.8 Å². The summed E-state index contributed by atoms with van der Waals surface area (Å²) in [4.78, 5) is 21.2. The smallest absolute Gasteiger partial charge is 0.297 e. The first-order valence-electron chi connectivity index (χ1n) is 10.3. The molecule has 4 rings (SSSR count). The molecule has 0 spiro atoms. The predicted molar refractivity (Wildman–Crippen MR) is 120 cm³/mol. The van der Waals surface area contributed by atoms with Crippen molar-refractivity contribution < 1.29 is 9.53 Å². The molecule has 0 fully saturated rings. The van der Waals surface area contributed by atoms with Gasteiger partial charge in [-0.15, -0.1) is 10.2 Å². The summed E-state index contributed by atoms with van der Waals surface area (Å²) in [5.41, 5.74) is 3.08. The molecule has 0 saturated carbocycles. The number of ether oxygens (including phenoxy) is 1. The first-order valence-corrected chi connectivity index (χ1v) is 10.3. The van der Waals surface area contributed by atoms with Gasteiger partial charge in [-0.05, 0) is 42.2 Å². The van der Waals surface area contributed by atoms with Gasteiger partial charge in [-0.25, -0.2) is 19.3 Å². The van der Waals surface area contributed by atoms with Crippen molar-refractivity contribution in [3.05, 3.63) is 77.6 Å². The summed E-state index contributed by atoms with van der Waals surface area (Å²) in [5, 5.41) is 11.4. The lowest BCUT2D eigenvalue weighted by atomic mass is 10.0. The van der Waals surface area contributed by atoms with E-state index in [2.05, 4.69) is 45.4 Å². The van der Waals surface area contributed by atoms with E-state index in [1.54, 1.807) is 22.8 Å². The Balaban J connectivity index is 1.48. The molecule has 0 aliphatic heterocycles. The molecule has 9 heteroatoms. The Morgan fingerprint density at radius 3 is 2.56 bits per heavy atom. The zero-order chi connectivity index (χ0) is 22.7. The third kappa shape index (κ3) is 4.51. The van der Waals surface area contributed by atoms with Gasteiger partial charge < -0.3 is 4.74 Å². The molecule has 164 valence electrons. The molecule has 0 unspecified atom stereocenters. The van der Waals surface area contributed by atoms with Crippen LogP contribution >= 0.6 is 0 Å². The van der Waals surface area contributed by atoms with Gasteiger partial charge in [0.1, 0.15) is 17.9 Å². The topological polar surface area (TPSA) is 99.8 Å². The molecule has 1 N–H and O–H groups in total. The number of nitrogens with one attached hydrogen (secondary N) is 1. The molecule has 32 heavy (non-hydrogen) atoms. The highest BCUT2D eigenvalue weighted by atomic mass is 16.5. The molecule has 2 aromatic heterocycles. The lowest BCUT2D eigenvalue weighted by Crippen LogP contribution is -2.16. The minimum atomic E-state index is -0.462. The van der Waals surface area contributed by atoms with Crippen molar-refractivity contribution in [1.82, 2.24) is 29.5 Å². The van der Waals surface area contributed by atoms with Crippen molar-refractivity contribution in [3.63, 3.8) is 0 Å². The van der Waals surface area contributed by atoms with Crippen LogP contribution < -0.4 is 10.1 Å². The van der Waals surface area contributed by atoms with Crippen LogP contribution in [-0.4, -0.2) is 42.5 Å². The second kappa shape index (κ2) is 9.01. The molecule has 0 saturated heterocycles. The van der Waals surface area contributed by atoms with Crippen LogP contribution in [0.2, 0.25) is 0 Å². The van der Waals surface area contributed by atoms with Crippen molar-refractivity contribution in [3.8, 4) is 11.4 Å². The van der Waals surface area contributed by atoms with E-state index in [1.165, 1.54) is 0 Å². The number of amides is 1. The maximum atomic E-state index is 12.7. The highest BCUT2D eigenvalue weighted by molar-refractivity contribution is 6.00. The third-order valence-corrected chi connectivity index (χ3v) is 5.02. The normalized spacial score (nSPS) is 11.0. The zero-order valence-corrected chi connectivity index (χ0v) is 18.5. The minimum Gasteiger partial charge on any atom is -0.497 e. The van der Waals surface area contributed by atoms with Crippen LogP contribution in [0.3, 0.4) is 0 Å². The number of hydrogen-bond acceptors (Lipinski definition) is 6. The first-order chi connectivity index (χ1) is 15.4. The second-order valence-electron chi connectivity index (χ2n) is 7.68. The van der Waals surface area contributed by atoms with Gasteiger partial charge in [0.25, 0.3) is 5.91 Å². The van der Waals surface area contributed by atoms with Crippen molar-refractivity contribution in [2.24, 2.45) is 0 Å². The van der Waals surface area contributed by atoms with Gasteiger partial charge in [0.2, 0.25) is 11.8 Å². The molecule has 2 aromatic carbocycles. The molecule has 0 atom stereocenters. The molecule has 0 aliphatic carbocycles. The summed E-state index contributed by atoms with van der Waals surface area (Å²) < 4.78 is 8.51. The van der Waals surface area contributed by atoms with Crippen LogP contribution in [0.25, 0.3) is 5.69 Å². The molecule has 9 nitrogen and oxygen atoms in total. The number of benzene rings is 2. The summed E-state index contributed by atoms with van der Waals surface area (Å²) in [6.45, 7) is 6.58. The minimum absolute atomic E-state index is 0.0626. The number of nitrogens with zero attached hydrogens (tertiary/aromatic N) is 6. The first kappa shape index (κ1) is 21.2. The van der Waals surface area contributed by atoms with Crippen molar-refractivity contribution >= 4 is 11.9 Å². The Morgan fingerprint density at radius 2 is 1.84 bits per heavy atom. The zero-order valence-electron chi connectivity index (χ0n) is 18.5. The summed E-state index contributed by atoms with van der Waals surface area (Å²) in [5.74, 6) is 1.52. The number of rotatable bonds is 7. The second-order valence-corrected chi connectivity index (χ2v) is 7.68. The number of para-hydroxylation sites is 1. The standard InChI is InChI=1S/C23H25N7O2/c1-15(2)19-7-5-6-8-20(19)30-16(3)25-21(27-30)22(31)26-23-24-14-29(28-23)13-17-9-11-18(32-4)12-10-17/h5-12,14-15H,13H2,1-4H3,(H,26,28,31). The van der Waals surface area contributed by atoms with Crippen molar-refractivity contribution in [2.75, 3.05) is 12.4 Å². The molecular formula is C23H25N7O2. The molecule has 4 aromatic rings. The summed E-state index contributed by atoms with van der Waals surface area (Å²) in [6, 6.07) is 15.6. The van der Waals surface area contributed by atoms with Crippen LogP contribution in [-0.2, 0) is 6.54 Å². The molecule has 0 radical (unpaired) electrons. The maximum absolute atomic E-state index is 12.7. The number of carbonyl (C=O) groups excluding carboxylic acids is 1. The largest absolute Gasteiger partial charge is 0.497 e. The van der Waals surface area contributed by atoms with E-state index in [9.17, 15) is 4.79 Å². The molecule has 1 amide bonds. The Hall–Kier alpha value is -4.01. The van der Waals surface area contributed by atoms with Gasteiger partial charge in [-0.3, -0.25) is 10.1 Å². The van der Waals surface area contributed by atoms with Gasteiger partial charge >= 0.3 is 0 Å². The van der Waals surface area contributed by atoms with E-state index < -0.39 is 5.91 Å². The number of hydrogen-bond donors (Lipinski definition) is 1. The number of methoxy groups -OCH3 is 1. The third-order valence-electron chi connectivity index (χ3n) is 5.02. The highest BCUT2D eigenvalue weighted by Gasteiger charge is 2.19. The fourth-order valence-electron chi connectivity index (χ4n) is 3.39. The molecule has 0 aliphatic rings. The highest BCUT2D eigenvalue weighted by Crippen LogP contribution is 2.23. The summed E-state index contributed by atoms with van der Waals surface area (Å²) >= 11 is 0. The molecular weight excluding hydrogens is 406 g/mol.